The Morgan fingerprint density at radius 1 is 1.36 bits per heavy atom. The van der Waals surface area contributed by atoms with E-state index in [2.05, 4.69) is 0 Å². The standard InChI is InChI=1S/C10H8O3.ClH/c1-7(11)13-10-3-2-8-4-5-12-6-9(8)10;/h2-6H,1H3;1H. The Kier molecular flexibility index (Phi) is 3.14. The average molecular weight is 213 g/mol. The van der Waals surface area contributed by atoms with Crippen molar-refractivity contribution in [3.63, 3.8) is 0 Å². The fraction of sp³-hybridized carbons (Fsp3) is 0.100. The van der Waals surface area contributed by atoms with Crippen LogP contribution < -0.4 is 4.74 Å². The maximum absolute atomic E-state index is 10.7. The van der Waals surface area contributed by atoms with Crippen LogP contribution >= 0.6 is 12.4 Å². The van der Waals surface area contributed by atoms with E-state index in [1.165, 1.54) is 6.92 Å². The average Bonchev–Trinajstić information content (AvgIpc) is 2.48. The van der Waals surface area contributed by atoms with Gasteiger partial charge in [-0.05, 0) is 17.7 Å². The summed E-state index contributed by atoms with van der Waals surface area (Å²) < 4.78 is 9.95. The second kappa shape index (κ2) is 4.15. The summed E-state index contributed by atoms with van der Waals surface area (Å²) in [4.78, 5) is 10.7. The van der Waals surface area contributed by atoms with Crippen LogP contribution in [0.3, 0.4) is 0 Å². The first-order valence-corrected chi connectivity index (χ1v) is 3.91. The molecule has 3 nitrogen and oxygen atoms in total. The Bertz CT molecular complexity index is 408. The fourth-order valence-electron chi connectivity index (χ4n) is 1.22. The van der Waals surface area contributed by atoms with Crippen LogP contribution in [0.4, 0.5) is 0 Å². The van der Waals surface area contributed by atoms with Crippen LogP contribution in [0.5, 0.6) is 5.75 Å². The summed E-state index contributed by atoms with van der Waals surface area (Å²) in [6.45, 7) is 1.37. The maximum atomic E-state index is 10.7. The van der Waals surface area contributed by atoms with Gasteiger partial charge in [-0.15, -0.1) is 12.4 Å². The van der Waals surface area contributed by atoms with Gasteiger partial charge >= 0.3 is 5.97 Å². The summed E-state index contributed by atoms with van der Waals surface area (Å²) in [7, 11) is 0. The predicted octanol–water partition coefficient (Wildman–Crippen LogP) is 2.73. The smallest absolute Gasteiger partial charge is 0.308 e. The van der Waals surface area contributed by atoms with Crippen molar-refractivity contribution in [2.45, 2.75) is 6.92 Å². The highest BCUT2D eigenvalue weighted by atomic mass is 35.5. The zero-order valence-corrected chi connectivity index (χ0v) is 8.34. The first-order valence-electron chi connectivity index (χ1n) is 3.91. The molecule has 0 atom stereocenters. The zero-order valence-electron chi connectivity index (χ0n) is 7.52. The Morgan fingerprint density at radius 2 is 2.14 bits per heavy atom. The molecule has 0 saturated carbocycles. The number of halogens is 1. The van der Waals surface area contributed by atoms with E-state index in [0.717, 1.165) is 11.1 Å². The van der Waals surface area contributed by atoms with Crippen LogP contribution in [0.1, 0.15) is 6.92 Å². The molecule has 1 aliphatic carbocycles. The van der Waals surface area contributed by atoms with E-state index in [1.807, 2.05) is 12.1 Å². The quantitative estimate of drug-likeness (QED) is 0.683. The number of ether oxygens (including phenoxy) is 1. The monoisotopic (exact) mass is 212 g/mol. The van der Waals surface area contributed by atoms with Crippen molar-refractivity contribution in [1.82, 2.24) is 0 Å². The van der Waals surface area contributed by atoms with Crippen molar-refractivity contribution in [3.8, 4) is 16.9 Å². The first-order chi connectivity index (χ1) is 6.27. The van der Waals surface area contributed by atoms with E-state index in [4.69, 9.17) is 9.15 Å². The lowest BCUT2D eigenvalue weighted by Crippen LogP contribution is -2.00. The Morgan fingerprint density at radius 3 is 2.86 bits per heavy atom. The third kappa shape index (κ3) is 1.88. The van der Waals surface area contributed by atoms with Gasteiger partial charge in [-0.3, -0.25) is 4.79 Å². The van der Waals surface area contributed by atoms with Crippen LogP contribution in [0.15, 0.2) is 35.1 Å². The Hall–Kier alpha value is -1.48. The molecule has 2 rings (SSSR count). The predicted molar refractivity (Wildman–Crippen MR) is 53.9 cm³/mol. The number of hydrogen-bond donors (Lipinski definition) is 0. The van der Waals surface area contributed by atoms with Crippen molar-refractivity contribution in [3.05, 3.63) is 30.7 Å². The highest BCUT2D eigenvalue weighted by molar-refractivity contribution is 5.85. The Balaban J connectivity index is 0.000000980. The molecule has 0 aromatic heterocycles. The molecule has 1 aliphatic heterocycles. The van der Waals surface area contributed by atoms with Crippen molar-refractivity contribution in [2.24, 2.45) is 0 Å². The van der Waals surface area contributed by atoms with Crippen molar-refractivity contribution >= 4 is 18.4 Å². The third-order valence-corrected chi connectivity index (χ3v) is 1.76. The van der Waals surface area contributed by atoms with Gasteiger partial charge < -0.3 is 9.15 Å². The van der Waals surface area contributed by atoms with Crippen LogP contribution in [0.25, 0.3) is 11.1 Å². The second-order valence-electron chi connectivity index (χ2n) is 2.72. The van der Waals surface area contributed by atoms with Crippen LogP contribution in [0.2, 0.25) is 0 Å². The third-order valence-electron chi connectivity index (χ3n) is 1.76. The fourth-order valence-corrected chi connectivity index (χ4v) is 1.22. The summed E-state index contributed by atoms with van der Waals surface area (Å²) in [6, 6.07) is 5.45. The minimum Gasteiger partial charge on any atom is -0.472 e. The second-order valence-corrected chi connectivity index (χ2v) is 2.72. The summed E-state index contributed by atoms with van der Waals surface area (Å²) in [5.41, 5.74) is 1.82. The molecule has 0 radical (unpaired) electrons. The molecule has 0 saturated heterocycles. The van der Waals surface area contributed by atoms with Gasteiger partial charge in [0, 0.05) is 6.92 Å². The molecule has 1 heterocycles. The van der Waals surface area contributed by atoms with Crippen LogP contribution in [-0.4, -0.2) is 5.97 Å². The van der Waals surface area contributed by atoms with Gasteiger partial charge in [-0.2, -0.15) is 0 Å². The van der Waals surface area contributed by atoms with Gasteiger partial charge in [0.25, 0.3) is 0 Å². The molecule has 4 heteroatoms. The SMILES string of the molecule is CC(=O)Oc1ccc2ccocc1-2.Cl. The van der Waals surface area contributed by atoms with Gasteiger partial charge in [-0.25, -0.2) is 0 Å². The molecule has 0 spiro atoms. The first kappa shape index (κ1) is 10.6. The normalized spacial score (nSPS) is 9.50. The van der Waals surface area contributed by atoms with Gasteiger partial charge in [0.15, 0.2) is 0 Å². The van der Waals surface area contributed by atoms with E-state index in [-0.39, 0.29) is 18.4 Å². The summed E-state index contributed by atoms with van der Waals surface area (Å²) in [5.74, 6) is 0.225. The molecule has 0 unspecified atom stereocenters. The highest BCUT2D eigenvalue weighted by Gasteiger charge is 2.11. The lowest BCUT2D eigenvalue weighted by molar-refractivity contribution is -0.131. The summed E-state index contributed by atoms with van der Waals surface area (Å²) in [5, 5.41) is 0. The molecule has 74 valence electrons. The van der Waals surface area contributed by atoms with Gasteiger partial charge in [-0.1, -0.05) is 6.07 Å². The topological polar surface area (TPSA) is 39.4 Å². The van der Waals surface area contributed by atoms with Crippen LogP contribution in [0, 0.1) is 0 Å². The number of esters is 1. The lowest BCUT2D eigenvalue weighted by atomic mass is 10.2. The van der Waals surface area contributed by atoms with E-state index in [9.17, 15) is 4.79 Å². The van der Waals surface area contributed by atoms with Crippen molar-refractivity contribution in [1.29, 1.82) is 0 Å². The summed E-state index contributed by atoms with van der Waals surface area (Å²) >= 11 is 0. The van der Waals surface area contributed by atoms with Gasteiger partial charge in [0.2, 0.25) is 0 Å². The molecular weight excluding hydrogens is 204 g/mol. The molecule has 0 aromatic rings. The number of carbonyl (C=O) groups is 1. The van der Waals surface area contributed by atoms with Gasteiger partial charge in [0.1, 0.15) is 12.0 Å². The molecule has 0 amide bonds. The maximum Gasteiger partial charge on any atom is 0.308 e. The van der Waals surface area contributed by atoms with Crippen LogP contribution in [-0.2, 0) is 4.79 Å². The van der Waals surface area contributed by atoms with E-state index in [0.29, 0.717) is 5.75 Å². The van der Waals surface area contributed by atoms with E-state index >= 15 is 0 Å². The molecule has 0 N–H and O–H groups in total. The van der Waals surface area contributed by atoms with Crippen molar-refractivity contribution < 1.29 is 13.9 Å². The number of fused-ring (bicyclic) bond motifs is 1. The minimum absolute atomic E-state index is 0. The molecule has 14 heavy (non-hydrogen) atoms. The lowest BCUT2D eigenvalue weighted by Gasteiger charge is -2.01. The number of rotatable bonds is 1. The van der Waals surface area contributed by atoms with Crippen molar-refractivity contribution in [2.75, 3.05) is 0 Å². The Labute approximate surface area is 87.4 Å². The van der Waals surface area contributed by atoms with Gasteiger partial charge in [0.05, 0.1) is 11.8 Å². The van der Waals surface area contributed by atoms with E-state index < -0.39 is 0 Å². The molecular formula is C10H9ClO3. The number of carbonyl (C=O) groups excluding carboxylic acids is 1. The molecule has 0 bridgehead atoms. The molecule has 0 aromatic carbocycles. The highest BCUT2D eigenvalue weighted by Crippen LogP contribution is 2.33. The minimum atomic E-state index is -0.323. The zero-order chi connectivity index (χ0) is 9.26. The number of hydrogen-bond acceptors (Lipinski definition) is 3. The van der Waals surface area contributed by atoms with E-state index in [1.54, 1.807) is 18.6 Å². The largest absolute Gasteiger partial charge is 0.472 e. The summed E-state index contributed by atoms with van der Waals surface area (Å²) in [6.07, 6.45) is 3.15. The molecule has 0 fully saturated rings. The molecule has 2 aliphatic rings.